The Hall–Kier alpha value is -0.660. The highest BCUT2D eigenvalue weighted by atomic mass is 31.2. The fraction of sp³-hybridized carbons (Fsp3) is 0.900. The van der Waals surface area contributed by atoms with Gasteiger partial charge in [-0.3, -0.25) is 4.57 Å². The third kappa shape index (κ3) is 4.43. The fourth-order valence-electron chi connectivity index (χ4n) is 1.72. The maximum atomic E-state index is 12.4. The quantitative estimate of drug-likeness (QED) is 0.586. The van der Waals surface area contributed by atoms with Crippen LogP contribution in [0, 0.1) is 0 Å². The first-order valence-electron chi connectivity index (χ1n) is 6.19. The van der Waals surface area contributed by atoms with Crippen LogP contribution in [0.15, 0.2) is 5.16 Å². The third-order valence-corrected chi connectivity index (χ3v) is 4.42. The smallest absolute Gasteiger partial charge is 0.338 e. The maximum absolute atomic E-state index is 12.4. The molecule has 0 aromatic carbocycles. The molecule has 0 bridgehead atoms. The zero-order chi connectivity index (χ0) is 14.3. The van der Waals surface area contributed by atoms with E-state index >= 15 is 0 Å². The highest BCUT2D eigenvalue weighted by Crippen LogP contribution is 2.48. The minimum atomic E-state index is -3.28. The molecule has 2 N–H and O–H groups in total. The van der Waals surface area contributed by atoms with Crippen LogP contribution in [0.3, 0.4) is 0 Å². The number of amidine groups is 1. The van der Waals surface area contributed by atoms with Gasteiger partial charge in [0, 0.05) is 6.54 Å². The van der Waals surface area contributed by atoms with Crippen LogP contribution in [0.2, 0.25) is 0 Å². The molecule has 1 aliphatic rings. The van der Waals surface area contributed by atoms with E-state index in [0.29, 0.717) is 5.84 Å². The molecule has 0 saturated carbocycles. The molecular weight excluding hydrogens is 275 g/mol. The van der Waals surface area contributed by atoms with E-state index in [1.54, 1.807) is 18.7 Å². The van der Waals surface area contributed by atoms with E-state index in [-0.39, 0.29) is 39.1 Å². The molecule has 0 amide bonds. The molecule has 8 nitrogen and oxygen atoms in total. The Labute approximate surface area is 112 Å². The van der Waals surface area contributed by atoms with Crippen molar-refractivity contribution < 1.29 is 28.7 Å². The number of rotatable bonds is 9. The summed E-state index contributed by atoms with van der Waals surface area (Å²) in [6, 6.07) is 0. The predicted octanol–water partition coefficient (Wildman–Crippen LogP) is 0.209. The molecule has 112 valence electrons. The Morgan fingerprint density at radius 3 is 2.47 bits per heavy atom. The van der Waals surface area contributed by atoms with Crippen LogP contribution in [0.25, 0.3) is 0 Å². The fourth-order valence-corrected chi connectivity index (χ4v) is 3.35. The second-order valence-electron chi connectivity index (χ2n) is 3.77. The Morgan fingerprint density at radius 1 is 1.37 bits per heavy atom. The molecule has 0 fully saturated rings. The van der Waals surface area contributed by atoms with Gasteiger partial charge in [-0.2, -0.15) is 0 Å². The van der Waals surface area contributed by atoms with Crippen LogP contribution in [0.1, 0.15) is 13.8 Å². The van der Waals surface area contributed by atoms with Gasteiger partial charge in [-0.05, 0) is 13.8 Å². The molecule has 0 aromatic heterocycles. The number of oxime groups is 1. The van der Waals surface area contributed by atoms with E-state index in [0.717, 1.165) is 0 Å². The van der Waals surface area contributed by atoms with E-state index in [9.17, 15) is 4.57 Å². The van der Waals surface area contributed by atoms with Crippen molar-refractivity contribution in [2.45, 2.75) is 20.1 Å². The van der Waals surface area contributed by atoms with Crippen molar-refractivity contribution in [1.29, 1.82) is 0 Å². The van der Waals surface area contributed by atoms with Crippen molar-refractivity contribution in [3.8, 4) is 0 Å². The van der Waals surface area contributed by atoms with E-state index in [2.05, 4.69) is 5.16 Å². The molecule has 19 heavy (non-hydrogen) atoms. The summed E-state index contributed by atoms with van der Waals surface area (Å²) in [5, 5.41) is 21.9. The number of aliphatic hydroxyl groups is 2. The first kappa shape index (κ1) is 16.4. The lowest BCUT2D eigenvalue weighted by Crippen LogP contribution is -2.41. The molecule has 1 atom stereocenters. The normalized spacial score (nSPS) is 19.5. The summed E-state index contributed by atoms with van der Waals surface area (Å²) >= 11 is 0. The van der Waals surface area contributed by atoms with Crippen molar-refractivity contribution in [3.63, 3.8) is 0 Å². The van der Waals surface area contributed by atoms with Crippen molar-refractivity contribution in [3.05, 3.63) is 0 Å². The zero-order valence-electron chi connectivity index (χ0n) is 11.2. The Kier molecular flexibility index (Phi) is 6.74. The lowest BCUT2D eigenvalue weighted by Gasteiger charge is -2.24. The number of hydrogen-bond donors (Lipinski definition) is 2. The maximum Gasteiger partial charge on any atom is 0.338 e. The van der Waals surface area contributed by atoms with Crippen LogP contribution in [-0.2, 0) is 18.5 Å². The van der Waals surface area contributed by atoms with Crippen molar-refractivity contribution >= 4 is 13.4 Å². The average Bonchev–Trinajstić information content (AvgIpc) is 2.72. The lowest BCUT2D eigenvalue weighted by molar-refractivity contribution is -0.0309. The van der Waals surface area contributed by atoms with E-state index in [1.807, 2.05) is 0 Å². The molecule has 1 aliphatic heterocycles. The van der Waals surface area contributed by atoms with Crippen LogP contribution in [0.4, 0.5) is 0 Å². The van der Waals surface area contributed by atoms with Crippen molar-refractivity contribution in [2.24, 2.45) is 5.16 Å². The topological polar surface area (TPSA) is 101 Å². The van der Waals surface area contributed by atoms with E-state index < -0.39 is 13.8 Å². The van der Waals surface area contributed by atoms with Gasteiger partial charge in [0.2, 0.25) is 6.23 Å². The summed E-state index contributed by atoms with van der Waals surface area (Å²) in [7, 11) is -3.28. The first-order valence-corrected chi connectivity index (χ1v) is 7.92. The first-order chi connectivity index (χ1) is 9.10. The number of aliphatic hydroxyl groups excluding tert-OH is 2. The van der Waals surface area contributed by atoms with E-state index in [1.165, 1.54) is 0 Å². The molecule has 1 heterocycles. The van der Waals surface area contributed by atoms with Crippen molar-refractivity contribution in [2.75, 3.05) is 39.1 Å². The van der Waals surface area contributed by atoms with Gasteiger partial charge in [-0.15, -0.1) is 0 Å². The standard InChI is InChI=1S/C10H21N2O6P/c1-3-16-19(15,17-4-2)8-9-11-18-10(7-14)12(9)5-6-13/h10,13-14H,3-8H2,1-2H3. The van der Waals surface area contributed by atoms with Gasteiger partial charge in [-0.1, -0.05) is 5.16 Å². The number of β-amino-alcohol motifs (C(OH)–C–C–N with tert-alkyl or cyclic N) is 1. The Balaban J connectivity index is 2.75. The lowest BCUT2D eigenvalue weighted by atomic mass is 10.4. The van der Waals surface area contributed by atoms with Gasteiger partial charge in [0.15, 0.2) is 5.84 Å². The monoisotopic (exact) mass is 296 g/mol. The zero-order valence-corrected chi connectivity index (χ0v) is 12.1. The van der Waals surface area contributed by atoms with Gasteiger partial charge in [0.1, 0.15) is 12.8 Å². The molecule has 1 unspecified atom stereocenters. The minimum Gasteiger partial charge on any atom is -0.395 e. The average molecular weight is 296 g/mol. The largest absolute Gasteiger partial charge is 0.395 e. The van der Waals surface area contributed by atoms with Gasteiger partial charge < -0.3 is 29.0 Å². The van der Waals surface area contributed by atoms with Crippen LogP contribution >= 0.6 is 7.60 Å². The van der Waals surface area contributed by atoms with Crippen LogP contribution < -0.4 is 0 Å². The number of hydrogen-bond acceptors (Lipinski definition) is 8. The van der Waals surface area contributed by atoms with Gasteiger partial charge in [0.05, 0.1) is 19.8 Å². The van der Waals surface area contributed by atoms with E-state index in [4.69, 9.17) is 24.1 Å². The highest BCUT2D eigenvalue weighted by molar-refractivity contribution is 7.54. The third-order valence-electron chi connectivity index (χ3n) is 2.44. The Morgan fingerprint density at radius 2 is 2.00 bits per heavy atom. The van der Waals surface area contributed by atoms with Gasteiger partial charge >= 0.3 is 7.60 Å². The Bertz CT molecular complexity index is 341. The molecule has 0 saturated heterocycles. The minimum absolute atomic E-state index is 0.0504. The SMILES string of the molecule is CCOP(=O)(CC1=NOC(CO)N1CCO)OCC. The molecular formula is C10H21N2O6P. The van der Waals surface area contributed by atoms with Crippen molar-refractivity contribution in [1.82, 2.24) is 4.90 Å². The summed E-state index contributed by atoms with van der Waals surface area (Å²) in [5.74, 6) is 0.346. The summed E-state index contributed by atoms with van der Waals surface area (Å²) in [4.78, 5) is 6.55. The van der Waals surface area contributed by atoms with Gasteiger partial charge in [-0.25, -0.2) is 0 Å². The molecule has 0 spiro atoms. The molecule has 0 aliphatic carbocycles. The second kappa shape index (κ2) is 7.81. The molecule has 9 heteroatoms. The number of nitrogens with zero attached hydrogens (tertiary/aromatic N) is 2. The summed E-state index contributed by atoms with van der Waals surface area (Å²) in [5.41, 5.74) is 0. The van der Waals surface area contributed by atoms with Crippen LogP contribution in [-0.4, -0.2) is 66.3 Å². The summed E-state index contributed by atoms with van der Waals surface area (Å²) < 4.78 is 22.7. The predicted molar refractivity (Wildman–Crippen MR) is 68.9 cm³/mol. The second-order valence-corrected chi connectivity index (χ2v) is 5.83. The van der Waals surface area contributed by atoms with Gasteiger partial charge in [0.25, 0.3) is 0 Å². The summed E-state index contributed by atoms with van der Waals surface area (Å²) in [6.45, 7) is 3.78. The molecule has 0 aromatic rings. The molecule has 0 radical (unpaired) electrons. The highest BCUT2D eigenvalue weighted by Gasteiger charge is 2.35. The molecule has 1 rings (SSSR count). The summed E-state index contributed by atoms with van der Waals surface area (Å²) in [6.07, 6.45) is -0.718. The van der Waals surface area contributed by atoms with Crippen LogP contribution in [0.5, 0.6) is 0 Å².